The summed E-state index contributed by atoms with van der Waals surface area (Å²) < 4.78 is 11.3. The van der Waals surface area contributed by atoms with Crippen molar-refractivity contribution in [3.8, 4) is 0 Å². The molecule has 0 aliphatic carbocycles. The van der Waals surface area contributed by atoms with Crippen LogP contribution in [0, 0.1) is 5.92 Å². The molecule has 0 saturated carbocycles. The number of methoxy groups -OCH3 is 1. The molecule has 1 aromatic carbocycles. The second-order valence-corrected chi connectivity index (χ2v) is 5.55. The van der Waals surface area contributed by atoms with Crippen LogP contribution >= 0.6 is 15.9 Å². The number of rotatable bonds is 4. The van der Waals surface area contributed by atoms with Crippen molar-refractivity contribution in [3.05, 3.63) is 28.7 Å². The van der Waals surface area contributed by atoms with Gasteiger partial charge in [0.05, 0.1) is 13.7 Å². The predicted molar refractivity (Wildman–Crippen MR) is 77.1 cm³/mol. The smallest absolute Gasteiger partial charge is 0.328 e. The van der Waals surface area contributed by atoms with Crippen molar-refractivity contribution in [1.82, 2.24) is 0 Å². The lowest BCUT2D eigenvalue weighted by atomic mass is 9.93. The minimum absolute atomic E-state index is 0.153. The van der Waals surface area contributed by atoms with Crippen LogP contribution in [-0.4, -0.2) is 32.3 Å². The number of carbonyl (C=O) groups is 1. The van der Waals surface area contributed by atoms with Crippen molar-refractivity contribution in [2.75, 3.05) is 25.6 Å². The van der Waals surface area contributed by atoms with E-state index < -0.39 is 0 Å². The minimum atomic E-state index is -0.361. The Bertz CT molecular complexity index is 432. The van der Waals surface area contributed by atoms with E-state index in [1.54, 1.807) is 0 Å². The molecule has 0 aromatic heterocycles. The maximum absolute atomic E-state index is 11.9. The summed E-state index contributed by atoms with van der Waals surface area (Å²) in [5.41, 5.74) is 0.898. The maximum atomic E-state index is 11.9. The summed E-state index contributed by atoms with van der Waals surface area (Å²) >= 11 is 3.42. The Kier molecular flexibility index (Phi) is 5.22. The van der Waals surface area contributed by atoms with Gasteiger partial charge in [-0.15, -0.1) is 0 Å². The topological polar surface area (TPSA) is 47.6 Å². The quantitative estimate of drug-likeness (QED) is 0.864. The number of halogens is 1. The van der Waals surface area contributed by atoms with E-state index in [0.29, 0.717) is 6.61 Å². The van der Waals surface area contributed by atoms with Crippen LogP contribution in [0.3, 0.4) is 0 Å². The molecule has 1 aromatic rings. The van der Waals surface area contributed by atoms with Crippen molar-refractivity contribution >= 4 is 27.6 Å². The van der Waals surface area contributed by atoms with E-state index in [1.807, 2.05) is 24.3 Å². The molecule has 2 atom stereocenters. The lowest BCUT2D eigenvalue weighted by Crippen LogP contribution is -2.41. The molecule has 19 heavy (non-hydrogen) atoms. The van der Waals surface area contributed by atoms with Crippen molar-refractivity contribution in [2.24, 2.45) is 5.92 Å². The standard InChI is InChI=1S/C14H18BrNO3/c1-18-14(17)13(10-4-3-7-19-9-10)16-12-6-2-5-11(15)8-12/h2,5-6,8,10,13,16H,3-4,7,9H2,1H3. The molecule has 1 aliphatic rings. The average Bonchev–Trinajstić information content (AvgIpc) is 2.45. The highest BCUT2D eigenvalue weighted by atomic mass is 79.9. The van der Waals surface area contributed by atoms with Gasteiger partial charge in [0.2, 0.25) is 0 Å². The highest BCUT2D eigenvalue weighted by molar-refractivity contribution is 9.10. The van der Waals surface area contributed by atoms with Gasteiger partial charge in [0.25, 0.3) is 0 Å². The number of carbonyl (C=O) groups excluding carboxylic acids is 1. The van der Waals surface area contributed by atoms with Crippen LogP contribution in [0.15, 0.2) is 28.7 Å². The zero-order valence-corrected chi connectivity index (χ0v) is 12.5. The molecule has 5 heteroatoms. The molecule has 1 aliphatic heterocycles. The number of hydrogen-bond acceptors (Lipinski definition) is 4. The number of hydrogen-bond donors (Lipinski definition) is 1. The summed E-state index contributed by atoms with van der Waals surface area (Å²) in [6, 6.07) is 7.39. The third kappa shape index (κ3) is 3.94. The molecular weight excluding hydrogens is 310 g/mol. The van der Waals surface area contributed by atoms with Crippen LogP contribution in [-0.2, 0) is 14.3 Å². The van der Waals surface area contributed by atoms with E-state index in [0.717, 1.165) is 29.6 Å². The average molecular weight is 328 g/mol. The van der Waals surface area contributed by atoms with Gasteiger partial charge in [-0.1, -0.05) is 22.0 Å². The SMILES string of the molecule is COC(=O)C(Nc1cccc(Br)c1)C1CCCOC1. The van der Waals surface area contributed by atoms with Crippen molar-refractivity contribution in [2.45, 2.75) is 18.9 Å². The summed E-state index contributed by atoms with van der Waals surface area (Å²) in [5.74, 6) is -0.0874. The third-order valence-corrected chi connectivity index (χ3v) is 3.76. The Morgan fingerprint density at radius 1 is 1.58 bits per heavy atom. The minimum Gasteiger partial charge on any atom is -0.467 e. The summed E-state index contributed by atoms with van der Waals surface area (Å²) in [4.78, 5) is 11.9. The first-order valence-electron chi connectivity index (χ1n) is 6.38. The highest BCUT2D eigenvalue weighted by Crippen LogP contribution is 2.23. The monoisotopic (exact) mass is 327 g/mol. The molecule has 1 heterocycles. The van der Waals surface area contributed by atoms with Gasteiger partial charge in [-0.2, -0.15) is 0 Å². The lowest BCUT2D eigenvalue weighted by Gasteiger charge is -2.29. The molecular formula is C14H18BrNO3. The molecule has 0 amide bonds. The van der Waals surface area contributed by atoms with Crippen LogP contribution in [0.5, 0.6) is 0 Å². The second kappa shape index (κ2) is 6.91. The van der Waals surface area contributed by atoms with E-state index in [2.05, 4.69) is 21.2 Å². The molecule has 1 N–H and O–H groups in total. The van der Waals surface area contributed by atoms with E-state index in [1.165, 1.54) is 7.11 Å². The molecule has 4 nitrogen and oxygen atoms in total. The largest absolute Gasteiger partial charge is 0.467 e. The van der Waals surface area contributed by atoms with Crippen molar-refractivity contribution < 1.29 is 14.3 Å². The van der Waals surface area contributed by atoms with E-state index in [4.69, 9.17) is 9.47 Å². The number of nitrogens with one attached hydrogen (secondary N) is 1. The Hall–Kier alpha value is -1.07. The predicted octanol–water partition coefficient (Wildman–Crippen LogP) is 2.83. The van der Waals surface area contributed by atoms with Gasteiger partial charge in [0.15, 0.2) is 0 Å². The van der Waals surface area contributed by atoms with Crippen molar-refractivity contribution in [3.63, 3.8) is 0 Å². The Morgan fingerprint density at radius 2 is 2.42 bits per heavy atom. The van der Waals surface area contributed by atoms with Crippen molar-refractivity contribution in [1.29, 1.82) is 0 Å². The lowest BCUT2D eigenvalue weighted by molar-refractivity contribution is -0.144. The van der Waals surface area contributed by atoms with E-state index >= 15 is 0 Å². The van der Waals surface area contributed by atoms with Gasteiger partial charge >= 0.3 is 5.97 Å². The van der Waals surface area contributed by atoms with Crippen LogP contribution in [0.4, 0.5) is 5.69 Å². The Balaban J connectivity index is 2.11. The number of esters is 1. The number of benzene rings is 1. The van der Waals surface area contributed by atoms with Gasteiger partial charge in [-0.05, 0) is 31.0 Å². The molecule has 0 radical (unpaired) electrons. The molecule has 2 unspecified atom stereocenters. The fraction of sp³-hybridized carbons (Fsp3) is 0.500. The summed E-state index contributed by atoms with van der Waals surface area (Å²) in [7, 11) is 1.42. The van der Waals surface area contributed by atoms with E-state index in [9.17, 15) is 4.79 Å². The second-order valence-electron chi connectivity index (χ2n) is 4.63. The summed E-state index contributed by atoms with van der Waals surface area (Å²) in [5, 5.41) is 3.26. The van der Waals surface area contributed by atoms with Crippen LogP contribution in [0.1, 0.15) is 12.8 Å². The molecule has 0 bridgehead atoms. The number of ether oxygens (including phenoxy) is 2. The normalized spacial score (nSPS) is 20.6. The first-order chi connectivity index (χ1) is 9.20. The highest BCUT2D eigenvalue weighted by Gasteiger charge is 2.30. The zero-order chi connectivity index (χ0) is 13.7. The first kappa shape index (κ1) is 14.3. The van der Waals surface area contributed by atoms with Gasteiger partial charge in [-0.3, -0.25) is 0 Å². The van der Waals surface area contributed by atoms with Crippen LogP contribution in [0.2, 0.25) is 0 Å². The molecule has 2 rings (SSSR count). The third-order valence-electron chi connectivity index (χ3n) is 3.27. The van der Waals surface area contributed by atoms with Gasteiger partial charge < -0.3 is 14.8 Å². The van der Waals surface area contributed by atoms with Gasteiger partial charge in [-0.25, -0.2) is 4.79 Å². The zero-order valence-electron chi connectivity index (χ0n) is 10.9. The molecule has 104 valence electrons. The fourth-order valence-electron chi connectivity index (χ4n) is 2.28. The molecule has 0 spiro atoms. The number of anilines is 1. The summed E-state index contributed by atoms with van der Waals surface area (Å²) in [6.07, 6.45) is 1.96. The fourth-order valence-corrected chi connectivity index (χ4v) is 2.68. The van der Waals surface area contributed by atoms with E-state index in [-0.39, 0.29) is 17.9 Å². The Labute approximate surface area is 121 Å². The van der Waals surface area contributed by atoms with Gasteiger partial charge in [0, 0.05) is 22.7 Å². The summed E-state index contributed by atoms with van der Waals surface area (Å²) in [6.45, 7) is 1.38. The molecule has 1 saturated heterocycles. The molecule has 1 fully saturated rings. The van der Waals surface area contributed by atoms with Crippen LogP contribution in [0.25, 0.3) is 0 Å². The van der Waals surface area contributed by atoms with Gasteiger partial charge in [0.1, 0.15) is 6.04 Å². The first-order valence-corrected chi connectivity index (χ1v) is 7.17. The van der Waals surface area contributed by atoms with Crippen LogP contribution < -0.4 is 5.32 Å². The maximum Gasteiger partial charge on any atom is 0.328 e. The Morgan fingerprint density at radius 3 is 3.05 bits per heavy atom.